The standard InChI is InChI=1S/C16H19ClN2O.ClH/c1-19(2)12-10-16(20,15-5-3-4-11-18-15)13-6-8-14(17)9-7-13;/h3-9,11,20H,10,12H2,1-2H3;1H. The van der Waals surface area contributed by atoms with Crippen LogP contribution in [0.1, 0.15) is 17.7 Å². The van der Waals surface area contributed by atoms with Gasteiger partial charge in [-0.2, -0.15) is 0 Å². The lowest BCUT2D eigenvalue weighted by Gasteiger charge is -2.29. The van der Waals surface area contributed by atoms with Crippen LogP contribution in [-0.4, -0.2) is 35.6 Å². The molecule has 1 atom stereocenters. The zero-order chi connectivity index (χ0) is 14.6. The minimum absolute atomic E-state index is 0. The molecule has 0 aliphatic carbocycles. The van der Waals surface area contributed by atoms with Crippen molar-refractivity contribution in [2.45, 2.75) is 12.0 Å². The molecule has 0 aliphatic rings. The van der Waals surface area contributed by atoms with Gasteiger partial charge in [0.2, 0.25) is 0 Å². The van der Waals surface area contributed by atoms with Gasteiger partial charge in [0, 0.05) is 17.8 Å². The molecule has 1 N–H and O–H groups in total. The Morgan fingerprint density at radius 2 is 1.81 bits per heavy atom. The molecular formula is C16H20Cl2N2O. The van der Waals surface area contributed by atoms with Gasteiger partial charge in [0.1, 0.15) is 5.60 Å². The van der Waals surface area contributed by atoms with E-state index in [1.165, 1.54) is 0 Å². The van der Waals surface area contributed by atoms with Gasteiger partial charge >= 0.3 is 0 Å². The largest absolute Gasteiger partial charge is 0.379 e. The van der Waals surface area contributed by atoms with Crippen molar-refractivity contribution in [3.63, 3.8) is 0 Å². The van der Waals surface area contributed by atoms with Gasteiger partial charge < -0.3 is 10.0 Å². The Hall–Kier alpha value is -1.13. The van der Waals surface area contributed by atoms with Crippen LogP contribution in [0.5, 0.6) is 0 Å². The number of halogens is 2. The summed E-state index contributed by atoms with van der Waals surface area (Å²) in [5.74, 6) is 0. The summed E-state index contributed by atoms with van der Waals surface area (Å²) in [5.41, 5.74) is 0.363. The van der Waals surface area contributed by atoms with Crippen molar-refractivity contribution in [3.8, 4) is 0 Å². The minimum atomic E-state index is -1.10. The third kappa shape index (κ3) is 4.42. The van der Waals surface area contributed by atoms with E-state index in [9.17, 15) is 5.11 Å². The summed E-state index contributed by atoms with van der Waals surface area (Å²) in [6.07, 6.45) is 2.27. The van der Waals surface area contributed by atoms with Gasteiger partial charge in [-0.1, -0.05) is 29.8 Å². The van der Waals surface area contributed by atoms with Gasteiger partial charge in [0.05, 0.1) is 5.69 Å². The van der Waals surface area contributed by atoms with Crippen LogP contribution < -0.4 is 0 Å². The molecular weight excluding hydrogens is 307 g/mol. The first kappa shape index (κ1) is 17.9. The van der Waals surface area contributed by atoms with Crippen LogP contribution in [0.15, 0.2) is 48.7 Å². The number of aromatic nitrogens is 1. The summed E-state index contributed by atoms with van der Waals surface area (Å²) >= 11 is 5.93. The SMILES string of the molecule is CN(C)CCC(O)(c1ccc(Cl)cc1)c1ccccn1.Cl. The van der Waals surface area contributed by atoms with Gasteiger partial charge in [0.15, 0.2) is 0 Å². The average molecular weight is 327 g/mol. The van der Waals surface area contributed by atoms with Crippen LogP contribution in [-0.2, 0) is 5.60 Å². The van der Waals surface area contributed by atoms with E-state index < -0.39 is 5.60 Å². The molecule has 2 aromatic rings. The van der Waals surface area contributed by atoms with Crippen LogP contribution in [0.2, 0.25) is 5.02 Å². The van der Waals surface area contributed by atoms with E-state index in [0.717, 1.165) is 12.1 Å². The second-order valence-electron chi connectivity index (χ2n) is 5.14. The predicted octanol–water partition coefficient (Wildman–Crippen LogP) is 3.34. The van der Waals surface area contributed by atoms with E-state index in [2.05, 4.69) is 4.98 Å². The second-order valence-corrected chi connectivity index (χ2v) is 5.57. The lowest BCUT2D eigenvalue weighted by molar-refractivity contribution is 0.0586. The number of pyridine rings is 1. The minimum Gasteiger partial charge on any atom is -0.379 e. The molecule has 0 spiro atoms. The Labute approximate surface area is 137 Å². The molecule has 2 rings (SSSR count). The molecule has 0 fully saturated rings. The van der Waals surface area contributed by atoms with Crippen molar-refractivity contribution in [1.29, 1.82) is 0 Å². The Kier molecular flexibility index (Phi) is 6.62. The van der Waals surface area contributed by atoms with Crippen LogP contribution in [0.25, 0.3) is 0 Å². The third-order valence-corrected chi connectivity index (χ3v) is 3.58. The number of rotatable bonds is 5. The molecule has 0 amide bonds. The summed E-state index contributed by atoms with van der Waals surface area (Å²) in [4.78, 5) is 6.37. The first-order valence-electron chi connectivity index (χ1n) is 6.57. The third-order valence-electron chi connectivity index (χ3n) is 3.33. The van der Waals surface area contributed by atoms with Crippen molar-refractivity contribution in [2.24, 2.45) is 0 Å². The molecule has 1 aromatic heterocycles. The molecule has 0 radical (unpaired) electrons. The molecule has 1 aromatic carbocycles. The summed E-state index contributed by atoms with van der Waals surface area (Å²) < 4.78 is 0. The van der Waals surface area contributed by atoms with E-state index in [4.69, 9.17) is 11.6 Å². The monoisotopic (exact) mass is 326 g/mol. The van der Waals surface area contributed by atoms with E-state index in [1.54, 1.807) is 18.3 Å². The Balaban J connectivity index is 0.00000220. The summed E-state index contributed by atoms with van der Waals surface area (Å²) in [5, 5.41) is 11.8. The second kappa shape index (κ2) is 7.76. The molecule has 1 unspecified atom stereocenters. The van der Waals surface area contributed by atoms with Gasteiger partial charge in [-0.05, 0) is 50.3 Å². The number of hydrogen-bond acceptors (Lipinski definition) is 3. The lowest BCUT2D eigenvalue weighted by atomic mass is 9.86. The van der Waals surface area contributed by atoms with Crippen molar-refractivity contribution in [3.05, 3.63) is 64.9 Å². The van der Waals surface area contributed by atoms with Crippen LogP contribution in [0.4, 0.5) is 0 Å². The molecule has 114 valence electrons. The smallest absolute Gasteiger partial charge is 0.133 e. The lowest BCUT2D eigenvalue weighted by Crippen LogP contribution is -2.32. The van der Waals surface area contributed by atoms with E-state index >= 15 is 0 Å². The summed E-state index contributed by atoms with van der Waals surface area (Å²) in [6, 6.07) is 12.9. The highest BCUT2D eigenvalue weighted by molar-refractivity contribution is 6.30. The van der Waals surface area contributed by atoms with Crippen LogP contribution >= 0.6 is 24.0 Å². The topological polar surface area (TPSA) is 36.4 Å². The summed E-state index contributed by atoms with van der Waals surface area (Å²) in [6.45, 7) is 0.760. The van der Waals surface area contributed by atoms with E-state index in [-0.39, 0.29) is 12.4 Å². The molecule has 0 saturated heterocycles. The van der Waals surface area contributed by atoms with Crippen molar-refractivity contribution >= 4 is 24.0 Å². The van der Waals surface area contributed by atoms with E-state index in [1.807, 2.05) is 49.3 Å². The van der Waals surface area contributed by atoms with Gasteiger partial charge in [0.25, 0.3) is 0 Å². The normalized spacial score (nSPS) is 13.6. The highest BCUT2D eigenvalue weighted by Crippen LogP contribution is 2.32. The predicted molar refractivity (Wildman–Crippen MR) is 89.1 cm³/mol. The fraction of sp³-hybridized carbons (Fsp3) is 0.312. The van der Waals surface area contributed by atoms with Crippen LogP contribution in [0.3, 0.4) is 0 Å². The maximum Gasteiger partial charge on any atom is 0.133 e. The number of aliphatic hydroxyl groups is 1. The van der Waals surface area contributed by atoms with Crippen molar-refractivity contribution in [2.75, 3.05) is 20.6 Å². The molecule has 0 saturated carbocycles. The quantitative estimate of drug-likeness (QED) is 0.915. The molecule has 0 aliphatic heterocycles. The van der Waals surface area contributed by atoms with E-state index in [0.29, 0.717) is 17.1 Å². The van der Waals surface area contributed by atoms with Crippen molar-refractivity contribution in [1.82, 2.24) is 9.88 Å². The fourth-order valence-corrected chi connectivity index (χ4v) is 2.26. The number of hydrogen-bond donors (Lipinski definition) is 1. The highest BCUT2D eigenvalue weighted by Gasteiger charge is 2.32. The zero-order valence-corrected chi connectivity index (χ0v) is 13.7. The molecule has 21 heavy (non-hydrogen) atoms. The van der Waals surface area contributed by atoms with Crippen molar-refractivity contribution < 1.29 is 5.11 Å². The molecule has 0 bridgehead atoms. The molecule has 3 nitrogen and oxygen atoms in total. The summed E-state index contributed by atoms with van der Waals surface area (Å²) in [7, 11) is 3.97. The Morgan fingerprint density at radius 1 is 1.14 bits per heavy atom. The number of benzene rings is 1. The fourth-order valence-electron chi connectivity index (χ4n) is 2.14. The van der Waals surface area contributed by atoms with Gasteiger partial charge in [-0.3, -0.25) is 4.98 Å². The highest BCUT2D eigenvalue weighted by atomic mass is 35.5. The van der Waals surface area contributed by atoms with Gasteiger partial charge in [-0.25, -0.2) is 0 Å². The maximum absolute atomic E-state index is 11.2. The number of nitrogens with zero attached hydrogens (tertiary/aromatic N) is 2. The maximum atomic E-state index is 11.2. The van der Waals surface area contributed by atoms with Gasteiger partial charge in [-0.15, -0.1) is 12.4 Å². The molecule has 1 heterocycles. The zero-order valence-electron chi connectivity index (χ0n) is 12.2. The first-order valence-corrected chi connectivity index (χ1v) is 6.95. The Morgan fingerprint density at radius 3 is 2.33 bits per heavy atom. The average Bonchev–Trinajstić information content (AvgIpc) is 2.46. The molecule has 5 heteroatoms. The van der Waals surface area contributed by atoms with Crippen LogP contribution in [0, 0.1) is 0 Å². The first-order chi connectivity index (χ1) is 9.52. The Bertz CT molecular complexity index is 546.